The largest absolute Gasteiger partial charge is 0.457 e. The van der Waals surface area contributed by atoms with Gasteiger partial charge in [0, 0.05) is 16.1 Å². The van der Waals surface area contributed by atoms with Crippen LogP contribution < -0.4 is 16.2 Å². The standard InChI is InChI=1S/C12H10Cl2N2O/c13-7-3-8(14)5-10(4-7)17-9-1-2-11(15)12(16)6-9/h1-6H,15-16H2. The van der Waals surface area contributed by atoms with Crippen molar-refractivity contribution in [3.63, 3.8) is 0 Å². The Labute approximate surface area is 109 Å². The van der Waals surface area contributed by atoms with Crippen molar-refractivity contribution in [3.8, 4) is 11.5 Å². The van der Waals surface area contributed by atoms with Crippen LogP contribution in [-0.2, 0) is 0 Å². The van der Waals surface area contributed by atoms with Crippen LogP contribution >= 0.6 is 23.2 Å². The van der Waals surface area contributed by atoms with Crippen molar-refractivity contribution in [1.29, 1.82) is 0 Å². The summed E-state index contributed by atoms with van der Waals surface area (Å²) in [5.41, 5.74) is 12.3. The summed E-state index contributed by atoms with van der Waals surface area (Å²) in [4.78, 5) is 0. The van der Waals surface area contributed by atoms with Crippen LogP contribution in [0.3, 0.4) is 0 Å². The quantitative estimate of drug-likeness (QED) is 0.811. The van der Waals surface area contributed by atoms with Gasteiger partial charge in [-0.25, -0.2) is 0 Å². The Hall–Kier alpha value is -1.58. The molecule has 2 aromatic carbocycles. The van der Waals surface area contributed by atoms with E-state index in [1.165, 1.54) is 0 Å². The Morgan fingerprint density at radius 2 is 1.41 bits per heavy atom. The number of halogens is 2. The molecule has 2 rings (SSSR count). The molecular weight excluding hydrogens is 259 g/mol. The first-order valence-electron chi connectivity index (χ1n) is 4.83. The van der Waals surface area contributed by atoms with Crippen molar-refractivity contribution in [1.82, 2.24) is 0 Å². The van der Waals surface area contributed by atoms with Gasteiger partial charge in [0.25, 0.3) is 0 Å². The molecule has 5 heteroatoms. The fourth-order valence-electron chi connectivity index (χ4n) is 1.34. The third-order valence-electron chi connectivity index (χ3n) is 2.13. The maximum Gasteiger partial charge on any atom is 0.130 e. The molecule has 0 heterocycles. The second kappa shape index (κ2) is 4.73. The van der Waals surface area contributed by atoms with Gasteiger partial charge >= 0.3 is 0 Å². The lowest BCUT2D eigenvalue weighted by atomic mass is 10.2. The highest BCUT2D eigenvalue weighted by molar-refractivity contribution is 6.34. The number of hydrogen-bond donors (Lipinski definition) is 2. The molecule has 0 amide bonds. The van der Waals surface area contributed by atoms with E-state index in [4.69, 9.17) is 39.4 Å². The van der Waals surface area contributed by atoms with E-state index in [2.05, 4.69) is 0 Å². The fraction of sp³-hybridized carbons (Fsp3) is 0. The Bertz CT molecular complexity index is 538. The number of ether oxygens (including phenoxy) is 1. The monoisotopic (exact) mass is 268 g/mol. The van der Waals surface area contributed by atoms with Crippen LogP contribution in [0, 0.1) is 0 Å². The molecule has 0 radical (unpaired) electrons. The molecule has 0 atom stereocenters. The van der Waals surface area contributed by atoms with Gasteiger partial charge in [-0.05, 0) is 30.3 Å². The summed E-state index contributed by atoms with van der Waals surface area (Å²) < 4.78 is 5.57. The number of nitrogen functional groups attached to an aromatic ring is 2. The Balaban J connectivity index is 2.28. The minimum absolute atomic E-state index is 0.468. The minimum atomic E-state index is 0.468. The van der Waals surface area contributed by atoms with E-state index in [1.54, 1.807) is 36.4 Å². The topological polar surface area (TPSA) is 61.3 Å². The van der Waals surface area contributed by atoms with Crippen molar-refractivity contribution >= 4 is 34.6 Å². The molecule has 3 nitrogen and oxygen atoms in total. The highest BCUT2D eigenvalue weighted by Crippen LogP contribution is 2.30. The van der Waals surface area contributed by atoms with Crippen LogP contribution in [0.15, 0.2) is 36.4 Å². The summed E-state index contributed by atoms with van der Waals surface area (Å²) in [6, 6.07) is 10.0. The van der Waals surface area contributed by atoms with E-state index in [-0.39, 0.29) is 0 Å². The van der Waals surface area contributed by atoms with Crippen molar-refractivity contribution in [2.75, 3.05) is 11.5 Å². The molecule has 0 aliphatic rings. The lowest BCUT2D eigenvalue weighted by Gasteiger charge is -2.08. The molecule has 2 aromatic rings. The zero-order valence-electron chi connectivity index (χ0n) is 8.78. The average molecular weight is 269 g/mol. The van der Waals surface area contributed by atoms with Crippen molar-refractivity contribution in [2.24, 2.45) is 0 Å². The van der Waals surface area contributed by atoms with E-state index >= 15 is 0 Å². The molecular formula is C12H10Cl2N2O. The number of benzene rings is 2. The predicted molar refractivity (Wildman–Crippen MR) is 71.8 cm³/mol. The lowest BCUT2D eigenvalue weighted by molar-refractivity contribution is 0.483. The molecule has 4 N–H and O–H groups in total. The smallest absolute Gasteiger partial charge is 0.130 e. The normalized spacial score (nSPS) is 10.2. The summed E-state index contributed by atoms with van der Waals surface area (Å²) in [5, 5.41) is 1.02. The van der Waals surface area contributed by atoms with Crippen LogP contribution in [0.2, 0.25) is 10.0 Å². The third-order valence-corrected chi connectivity index (χ3v) is 2.57. The Kier molecular flexibility index (Phi) is 3.31. The van der Waals surface area contributed by atoms with Crippen LogP contribution in [0.25, 0.3) is 0 Å². The molecule has 0 unspecified atom stereocenters. The van der Waals surface area contributed by atoms with Crippen molar-refractivity contribution in [2.45, 2.75) is 0 Å². The zero-order chi connectivity index (χ0) is 12.4. The van der Waals surface area contributed by atoms with Gasteiger partial charge in [0.1, 0.15) is 11.5 Å². The SMILES string of the molecule is Nc1ccc(Oc2cc(Cl)cc(Cl)c2)cc1N. The molecule has 0 aromatic heterocycles. The Morgan fingerprint density at radius 3 is 2.00 bits per heavy atom. The maximum atomic E-state index is 5.86. The molecule has 0 bridgehead atoms. The molecule has 0 saturated carbocycles. The predicted octanol–water partition coefficient (Wildman–Crippen LogP) is 3.95. The first-order chi connectivity index (χ1) is 8.04. The second-order valence-corrected chi connectivity index (χ2v) is 4.37. The van der Waals surface area contributed by atoms with Gasteiger partial charge in [0.05, 0.1) is 11.4 Å². The average Bonchev–Trinajstić information content (AvgIpc) is 2.22. The number of rotatable bonds is 2. The van der Waals surface area contributed by atoms with Gasteiger partial charge in [0.15, 0.2) is 0 Å². The van der Waals surface area contributed by atoms with Crippen LogP contribution in [-0.4, -0.2) is 0 Å². The van der Waals surface area contributed by atoms with E-state index in [0.717, 1.165) is 0 Å². The van der Waals surface area contributed by atoms with E-state index in [9.17, 15) is 0 Å². The van der Waals surface area contributed by atoms with E-state index in [1.807, 2.05) is 0 Å². The Morgan fingerprint density at radius 1 is 0.765 bits per heavy atom. The van der Waals surface area contributed by atoms with Gasteiger partial charge in [0.2, 0.25) is 0 Å². The number of hydrogen-bond acceptors (Lipinski definition) is 3. The van der Waals surface area contributed by atoms with Gasteiger partial charge in [-0.3, -0.25) is 0 Å². The first-order valence-corrected chi connectivity index (χ1v) is 5.59. The second-order valence-electron chi connectivity index (χ2n) is 3.50. The lowest BCUT2D eigenvalue weighted by Crippen LogP contribution is -1.94. The highest BCUT2D eigenvalue weighted by atomic mass is 35.5. The van der Waals surface area contributed by atoms with Gasteiger partial charge in [-0.2, -0.15) is 0 Å². The van der Waals surface area contributed by atoms with E-state index < -0.39 is 0 Å². The van der Waals surface area contributed by atoms with Crippen LogP contribution in [0.4, 0.5) is 11.4 Å². The summed E-state index contributed by atoms with van der Waals surface area (Å²) in [6.45, 7) is 0. The van der Waals surface area contributed by atoms with Crippen LogP contribution in [0.5, 0.6) is 11.5 Å². The molecule has 88 valence electrons. The third kappa shape index (κ3) is 2.96. The van der Waals surface area contributed by atoms with Crippen molar-refractivity contribution < 1.29 is 4.74 Å². The summed E-state index contributed by atoms with van der Waals surface area (Å²) in [6.07, 6.45) is 0. The summed E-state index contributed by atoms with van der Waals surface area (Å²) in [5.74, 6) is 1.13. The van der Waals surface area contributed by atoms with E-state index in [0.29, 0.717) is 32.9 Å². The van der Waals surface area contributed by atoms with Crippen molar-refractivity contribution in [3.05, 3.63) is 46.4 Å². The number of anilines is 2. The maximum absolute atomic E-state index is 5.86. The molecule has 0 aliphatic carbocycles. The van der Waals surface area contributed by atoms with Gasteiger partial charge < -0.3 is 16.2 Å². The fourth-order valence-corrected chi connectivity index (χ4v) is 1.85. The molecule has 0 aliphatic heterocycles. The highest BCUT2D eigenvalue weighted by Gasteiger charge is 2.03. The molecule has 17 heavy (non-hydrogen) atoms. The summed E-state index contributed by atoms with van der Waals surface area (Å²) >= 11 is 11.7. The number of nitrogens with two attached hydrogens (primary N) is 2. The molecule has 0 fully saturated rings. The van der Waals surface area contributed by atoms with Gasteiger partial charge in [-0.15, -0.1) is 0 Å². The zero-order valence-corrected chi connectivity index (χ0v) is 10.3. The molecule has 0 spiro atoms. The first kappa shape index (κ1) is 11.9. The summed E-state index contributed by atoms with van der Waals surface area (Å²) in [7, 11) is 0. The minimum Gasteiger partial charge on any atom is -0.457 e. The van der Waals surface area contributed by atoms with Crippen LogP contribution in [0.1, 0.15) is 0 Å². The molecule has 0 saturated heterocycles. The van der Waals surface area contributed by atoms with Gasteiger partial charge in [-0.1, -0.05) is 23.2 Å².